The van der Waals surface area contributed by atoms with E-state index in [1.54, 1.807) is 0 Å². The Morgan fingerprint density at radius 1 is 1.40 bits per heavy atom. The molecule has 3 heteroatoms. The molecule has 1 aliphatic carbocycles. The quantitative estimate of drug-likeness (QED) is 0.625. The molecule has 0 aromatic heterocycles. The van der Waals surface area contributed by atoms with Crippen molar-refractivity contribution in [3.8, 4) is 0 Å². The summed E-state index contributed by atoms with van der Waals surface area (Å²) in [5.41, 5.74) is -0.340. The predicted molar refractivity (Wildman–Crippen MR) is 56.5 cm³/mol. The van der Waals surface area contributed by atoms with E-state index in [2.05, 4.69) is 20.8 Å². The monoisotopic (exact) mass is 212 g/mol. The van der Waals surface area contributed by atoms with Crippen LogP contribution in [0.3, 0.4) is 0 Å². The lowest BCUT2D eigenvalue weighted by molar-refractivity contribution is -0.277. The fourth-order valence-corrected chi connectivity index (χ4v) is 3.05. The van der Waals surface area contributed by atoms with E-state index in [0.717, 1.165) is 12.8 Å². The third-order valence-corrected chi connectivity index (χ3v) is 3.96. The van der Waals surface area contributed by atoms with Crippen molar-refractivity contribution in [3.63, 3.8) is 0 Å². The SMILES string of the molecule is CC(=O)O[C@H]1C[C@@H]2CC[C@@]1(C)OC2(C)C. The number of carbonyl (C=O) groups is 1. The zero-order chi connectivity index (χ0) is 11.3. The van der Waals surface area contributed by atoms with Crippen LogP contribution in [0.25, 0.3) is 0 Å². The van der Waals surface area contributed by atoms with Gasteiger partial charge in [0.1, 0.15) is 11.7 Å². The third kappa shape index (κ3) is 1.78. The molecule has 3 atom stereocenters. The minimum atomic E-state index is -0.274. The van der Waals surface area contributed by atoms with E-state index in [4.69, 9.17) is 9.47 Å². The summed E-state index contributed by atoms with van der Waals surface area (Å²) < 4.78 is 11.5. The van der Waals surface area contributed by atoms with Crippen molar-refractivity contribution in [3.05, 3.63) is 0 Å². The second-order valence-corrected chi connectivity index (χ2v) is 5.59. The molecule has 3 nitrogen and oxygen atoms in total. The van der Waals surface area contributed by atoms with Crippen LogP contribution >= 0.6 is 0 Å². The van der Waals surface area contributed by atoms with Gasteiger partial charge in [0.2, 0.25) is 0 Å². The summed E-state index contributed by atoms with van der Waals surface area (Å²) >= 11 is 0. The van der Waals surface area contributed by atoms with Gasteiger partial charge < -0.3 is 9.47 Å². The Kier molecular flexibility index (Phi) is 2.34. The van der Waals surface area contributed by atoms with Gasteiger partial charge in [0.05, 0.1) is 5.60 Å². The van der Waals surface area contributed by atoms with Crippen molar-refractivity contribution in [2.75, 3.05) is 0 Å². The van der Waals surface area contributed by atoms with E-state index in [1.165, 1.54) is 13.3 Å². The van der Waals surface area contributed by atoms with E-state index >= 15 is 0 Å². The molecule has 1 saturated carbocycles. The van der Waals surface area contributed by atoms with Crippen LogP contribution in [-0.2, 0) is 14.3 Å². The highest BCUT2D eigenvalue weighted by molar-refractivity contribution is 5.66. The number of rotatable bonds is 1. The summed E-state index contributed by atoms with van der Waals surface area (Å²) in [5, 5.41) is 0. The lowest BCUT2D eigenvalue weighted by atomic mass is 9.67. The minimum Gasteiger partial charge on any atom is -0.459 e. The van der Waals surface area contributed by atoms with E-state index in [0.29, 0.717) is 5.92 Å². The molecule has 0 aromatic rings. The van der Waals surface area contributed by atoms with Gasteiger partial charge in [0.25, 0.3) is 0 Å². The third-order valence-electron chi connectivity index (χ3n) is 3.96. The van der Waals surface area contributed by atoms with Crippen molar-refractivity contribution >= 4 is 5.97 Å². The van der Waals surface area contributed by atoms with E-state index in [1.807, 2.05) is 0 Å². The summed E-state index contributed by atoms with van der Waals surface area (Å²) in [6.07, 6.45) is 3.07. The molecule has 15 heavy (non-hydrogen) atoms. The second kappa shape index (κ2) is 3.21. The van der Waals surface area contributed by atoms with Gasteiger partial charge in [-0.2, -0.15) is 0 Å². The molecule has 0 unspecified atom stereocenters. The fourth-order valence-electron chi connectivity index (χ4n) is 3.05. The number of fused-ring (bicyclic) bond motifs is 3. The summed E-state index contributed by atoms with van der Waals surface area (Å²) in [5.74, 6) is 0.318. The average Bonchev–Trinajstić information content (AvgIpc) is 2.04. The van der Waals surface area contributed by atoms with Crippen molar-refractivity contribution in [2.24, 2.45) is 5.92 Å². The lowest BCUT2D eigenvalue weighted by Crippen LogP contribution is -2.62. The van der Waals surface area contributed by atoms with Gasteiger partial charge in [-0.15, -0.1) is 0 Å². The van der Waals surface area contributed by atoms with Crippen LogP contribution in [-0.4, -0.2) is 23.3 Å². The molecule has 0 spiro atoms. The first-order chi connectivity index (χ1) is 6.83. The summed E-state index contributed by atoms with van der Waals surface area (Å²) in [6.45, 7) is 7.81. The van der Waals surface area contributed by atoms with Gasteiger partial charge in [-0.25, -0.2) is 0 Å². The van der Waals surface area contributed by atoms with Gasteiger partial charge in [-0.1, -0.05) is 0 Å². The van der Waals surface area contributed by atoms with Crippen LogP contribution in [0.5, 0.6) is 0 Å². The van der Waals surface area contributed by atoms with Crippen molar-refractivity contribution in [1.82, 2.24) is 0 Å². The predicted octanol–water partition coefficient (Wildman–Crippen LogP) is 2.29. The number of hydrogen-bond acceptors (Lipinski definition) is 3. The van der Waals surface area contributed by atoms with Crippen molar-refractivity contribution in [2.45, 2.75) is 64.3 Å². The van der Waals surface area contributed by atoms with Crippen LogP contribution in [0, 0.1) is 5.92 Å². The summed E-state index contributed by atoms with van der Waals surface area (Å²) in [6, 6.07) is 0. The average molecular weight is 212 g/mol. The summed E-state index contributed by atoms with van der Waals surface area (Å²) in [4.78, 5) is 11.0. The molecule has 2 aliphatic heterocycles. The Morgan fingerprint density at radius 2 is 2.07 bits per heavy atom. The molecular weight excluding hydrogens is 192 g/mol. The van der Waals surface area contributed by atoms with Crippen LogP contribution in [0.15, 0.2) is 0 Å². The van der Waals surface area contributed by atoms with Crippen molar-refractivity contribution < 1.29 is 14.3 Å². The lowest BCUT2D eigenvalue weighted by Gasteiger charge is -2.56. The molecule has 2 saturated heterocycles. The van der Waals surface area contributed by atoms with Crippen LogP contribution in [0.2, 0.25) is 0 Å². The van der Waals surface area contributed by atoms with Gasteiger partial charge in [-0.3, -0.25) is 4.79 Å². The molecule has 3 rings (SSSR count). The zero-order valence-electron chi connectivity index (χ0n) is 10.0. The van der Waals surface area contributed by atoms with Crippen LogP contribution in [0.4, 0.5) is 0 Å². The smallest absolute Gasteiger partial charge is 0.303 e. The van der Waals surface area contributed by atoms with Gasteiger partial charge in [-0.05, 0) is 46.0 Å². The Hall–Kier alpha value is -0.570. The maximum absolute atomic E-state index is 11.0. The van der Waals surface area contributed by atoms with E-state index < -0.39 is 0 Å². The van der Waals surface area contributed by atoms with Crippen molar-refractivity contribution in [1.29, 1.82) is 0 Å². The Balaban J connectivity index is 2.17. The fraction of sp³-hybridized carbons (Fsp3) is 0.917. The molecule has 3 fully saturated rings. The van der Waals surface area contributed by atoms with Gasteiger partial charge in [0.15, 0.2) is 0 Å². The van der Waals surface area contributed by atoms with E-state index in [9.17, 15) is 4.79 Å². The highest BCUT2D eigenvalue weighted by atomic mass is 16.6. The van der Waals surface area contributed by atoms with Crippen LogP contribution in [0.1, 0.15) is 47.0 Å². The first-order valence-corrected chi connectivity index (χ1v) is 5.71. The van der Waals surface area contributed by atoms with E-state index in [-0.39, 0.29) is 23.3 Å². The molecular formula is C12H20O3. The maximum Gasteiger partial charge on any atom is 0.303 e. The normalized spacial score (nSPS) is 42.7. The van der Waals surface area contributed by atoms with Gasteiger partial charge in [0, 0.05) is 6.92 Å². The Bertz CT molecular complexity index is 285. The molecule has 0 aromatic carbocycles. The van der Waals surface area contributed by atoms with Crippen LogP contribution < -0.4 is 0 Å². The first kappa shape index (κ1) is 10.9. The Morgan fingerprint density at radius 3 is 2.53 bits per heavy atom. The van der Waals surface area contributed by atoms with Gasteiger partial charge >= 0.3 is 5.97 Å². The number of esters is 1. The highest BCUT2D eigenvalue weighted by Crippen LogP contribution is 2.50. The molecule has 86 valence electrons. The Labute approximate surface area is 91.1 Å². The molecule has 3 aliphatic rings. The second-order valence-electron chi connectivity index (χ2n) is 5.59. The molecule has 2 heterocycles. The number of hydrogen-bond donors (Lipinski definition) is 0. The maximum atomic E-state index is 11.0. The summed E-state index contributed by atoms with van der Waals surface area (Å²) in [7, 11) is 0. The standard InChI is InChI=1S/C12H20O3/c1-8(13)14-10-7-9-5-6-12(10,4)15-11(9,2)3/h9-10H,5-7H2,1-4H3/t9-,10-,12+/m0/s1. The molecule has 0 radical (unpaired) electrons. The zero-order valence-corrected chi connectivity index (χ0v) is 10.0. The number of ether oxygens (including phenoxy) is 2. The largest absolute Gasteiger partial charge is 0.459 e. The minimum absolute atomic E-state index is 0.0539. The highest BCUT2D eigenvalue weighted by Gasteiger charge is 2.55. The molecule has 0 N–H and O–H groups in total. The topological polar surface area (TPSA) is 35.5 Å². The molecule has 2 bridgehead atoms. The first-order valence-electron chi connectivity index (χ1n) is 5.71. The number of carbonyl (C=O) groups excluding carboxylic acids is 1. The molecule has 0 amide bonds.